The van der Waals surface area contributed by atoms with Crippen LogP contribution in [0.4, 0.5) is 5.69 Å². The Labute approximate surface area is 205 Å². The number of amides is 1. The maximum absolute atomic E-state index is 13.3. The van der Waals surface area contributed by atoms with E-state index in [4.69, 9.17) is 17.0 Å². The molecule has 1 fully saturated rings. The number of likely N-dealkylation sites (N-methyl/N-ethyl adjacent to an activating group) is 1. The van der Waals surface area contributed by atoms with Crippen molar-refractivity contribution in [2.24, 2.45) is 0 Å². The lowest BCUT2D eigenvalue weighted by molar-refractivity contribution is -0.122. The second kappa shape index (κ2) is 9.31. The van der Waals surface area contributed by atoms with Crippen LogP contribution in [0, 0.1) is 0 Å². The van der Waals surface area contributed by atoms with Crippen molar-refractivity contribution in [2.45, 2.75) is 20.3 Å². The fourth-order valence-corrected chi connectivity index (χ4v) is 4.97. The zero-order chi connectivity index (χ0) is 23.7. The lowest BCUT2D eigenvalue weighted by Crippen LogP contribution is -2.34. The molecule has 34 heavy (non-hydrogen) atoms. The number of hydrogen-bond acceptors (Lipinski definition) is 4. The number of thiocarbonyl (C=S) groups is 1. The molecule has 0 saturated carbocycles. The molecule has 2 aliphatic heterocycles. The molecule has 172 valence electrons. The van der Waals surface area contributed by atoms with E-state index in [9.17, 15) is 4.79 Å². The maximum Gasteiger partial charge on any atom is 0.276 e. The first-order valence-corrected chi connectivity index (χ1v) is 12.1. The van der Waals surface area contributed by atoms with Gasteiger partial charge in [0.25, 0.3) is 5.91 Å². The van der Waals surface area contributed by atoms with Gasteiger partial charge in [0, 0.05) is 31.1 Å². The Kier molecular flexibility index (Phi) is 6.07. The molecule has 0 aliphatic carbocycles. The van der Waals surface area contributed by atoms with Crippen LogP contribution >= 0.6 is 12.2 Å². The van der Waals surface area contributed by atoms with Gasteiger partial charge in [-0.15, -0.1) is 0 Å². The molecule has 0 aromatic heterocycles. The van der Waals surface area contributed by atoms with Crippen molar-refractivity contribution in [1.29, 1.82) is 0 Å². The summed E-state index contributed by atoms with van der Waals surface area (Å²) in [5.74, 6) is 1.50. The van der Waals surface area contributed by atoms with E-state index in [2.05, 4.69) is 48.2 Å². The first-order chi connectivity index (χ1) is 16.6. The highest BCUT2D eigenvalue weighted by molar-refractivity contribution is 7.80. The molecular weight excluding hydrogens is 442 g/mol. The molecule has 0 bridgehead atoms. The summed E-state index contributed by atoms with van der Waals surface area (Å²) >= 11 is 5.66. The molecule has 0 unspecified atom stereocenters. The third-order valence-electron chi connectivity index (χ3n) is 6.32. The van der Waals surface area contributed by atoms with E-state index in [0.717, 1.165) is 35.2 Å². The third-order valence-corrected chi connectivity index (χ3v) is 6.76. The van der Waals surface area contributed by atoms with Crippen LogP contribution in [0.2, 0.25) is 0 Å². The predicted molar refractivity (Wildman–Crippen MR) is 141 cm³/mol. The normalized spacial score (nSPS) is 17.9. The minimum atomic E-state index is -0.0661. The van der Waals surface area contributed by atoms with E-state index < -0.39 is 0 Å². The second-order valence-corrected chi connectivity index (χ2v) is 8.62. The summed E-state index contributed by atoms with van der Waals surface area (Å²) in [6.07, 6.45) is 4.48. The largest absolute Gasteiger partial charge is 0.438 e. The van der Waals surface area contributed by atoms with Crippen molar-refractivity contribution >= 4 is 39.7 Å². The average molecular weight is 470 g/mol. The number of ether oxygens (including phenoxy) is 1. The van der Waals surface area contributed by atoms with Crippen molar-refractivity contribution in [3.63, 3.8) is 0 Å². The summed E-state index contributed by atoms with van der Waals surface area (Å²) in [6.45, 7) is 6.04. The molecule has 1 amide bonds. The van der Waals surface area contributed by atoms with Crippen LogP contribution in [-0.2, 0) is 11.2 Å². The van der Waals surface area contributed by atoms with Gasteiger partial charge >= 0.3 is 0 Å². The predicted octanol–water partition coefficient (Wildman–Crippen LogP) is 5.48. The number of hydrogen-bond donors (Lipinski definition) is 0. The van der Waals surface area contributed by atoms with Crippen molar-refractivity contribution in [3.05, 3.63) is 96.0 Å². The fraction of sp³-hybridized carbons (Fsp3) is 0.214. The second-order valence-electron chi connectivity index (χ2n) is 8.26. The number of nitrogens with zero attached hydrogens (tertiary/aromatic N) is 3. The van der Waals surface area contributed by atoms with Crippen LogP contribution in [0.25, 0.3) is 10.8 Å². The SMILES string of the molecule is CCN1C(=S)N(CCc2ccccc2)C(=O)/C1=C\C=C1/Oc2c(ccc3ccccc23)N1CC. The van der Waals surface area contributed by atoms with Crippen LogP contribution in [0.3, 0.4) is 0 Å². The Hall–Kier alpha value is -3.64. The fourth-order valence-electron chi connectivity index (χ4n) is 4.57. The summed E-state index contributed by atoms with van der Waals surface area (Å²) in [6, 6.07) is 22.6. The van der Waals surface area contributed by atoms with E-state index in [1.165, 1.54) is 5.56 Å². The van der Waals surface area contributed by atoms with Crippen LogP contribution in [0.15, 0.2) is 90.5 Å². The molecule has 2 heterocycles. The molecule has 0 atom stereocenters. The summed E-state index contributed by atoms with van der Waals surface area (Å²) in [5, 5.41) is 2.77. The first-order valence-electron chi connectivity index (χ1n) is 11.7. The summed E-state index contributed by atoms with van der Waals surface area (Å²) in [7, 11) is 0. The van der Waals surface area contributed by atoms with Crippen molar-refractivity contribution in [2.75, 3.05) is 24.5 Å². The quantitative estimate of drug-likeness (QED) is 0.353. The van der Waals surface area contributed by atoms with Crippen LogP contribution in [0.1, 0.15) is 19.4 Å². The van der Waals surface area contributed by atoms with Gasteiger partial charge in [-0.1, -0.05) is 60.7 Å². The van der Waals surface area contributed by atoms with Gasteiger partial charge in [-0.25, -0.2) is 0 Å². The van der Waals surface area contributed by atoms with Gasteiger partial charge in [0.15, 0.2) is 10.9 Å². The highest BCUT2D eigenvalue weighted by Crippen LogP contribution is 2.44. The van der Waals surface area contributed by atoms with E-state index in [1.54, 1.807) is 4.90 Å². The van der Waals surface area contributed by atoms with Gasteiger partial charge in [0.2, 0.25) is 5.88 Å². The Balaban J connectivity index is 1.42. The molecule has 5 nitrogen and oxygen atoms in total. The number of carbonyl (C=O) groups excluding carboxylic acids is 1. The number of rotatable bonds is 6. The molecule has 0 spiro atoms. The minimum Gasteiger partial charge on any atom is -0.438 e. The molecular formula is C28H27N3O2S. The molecule has 3 aromatic rings. The molecule has 2 aliphatic rings. The Morgan fingerprint density at radius 1 is 0.853 bits per heavy atom. The number of anilines is 1. The van der Waals surface area contributed by atoms with Crippen molar-refractivity contribution in [1.82, 2.24) is 9.80 Å². The first kappa shape index (κ1) is 22.2. The van der Waals surface area contributed by atoms with Gasteiger partial charge in [-0.2, -0.15) is 0 Å². The minimum absolute atomic E-state index is 0.0661. The molecule has 6 heteroatoms. The highest BCUT2D eigenvalue weighted by atomic mass is 32.1. The molecule has 3 aromatic carbocycles. The Morgan fingerprint density at radius 2 is 1.59 bits per heavy atom. The lowest BCUT2D eigenvalue weighted by Gasteiger charge is -2.18. The van der Waals surface area contributed by atoms with Crippen LogP contribution < -0.4 is 9.64 Å². The standard InChI is InChI=1S/C28H27N3O2S/c1-3-29-23-15-14-21-12-8-9-13-22(21)26(23)33-25(29)17-16-24-27(32)31(28(34)30(24)4-2)19-18-20-10-6-5-7-11-20/h5-17H,3-4,18-19H2,1-2H3/b24-16+,25-17-. The van der Waals surface area contributed by atoms with Crippen molar-refractivity contribution in [3.8, 4) is 5.75 Å². The number of fused-ring (bicyclic) bond motifs is 3. The van der Waals surface area contributed by atoms with Gasteiger partial charge in [-0.05, 0) is 55.6 Å². The number of benzene rings is 3. The highest BCUT2D eigenvalue weighted by Gasteiger charge is 2.36. The zero-order valence-corrected chi connectivity index (χ0v) is 20.2. The van der Waals surface area contributed by atoms with E-state index >= 15 is 0 Å². The number of allylic oxidation sites excluding steroid dienone is 2. The van der Waals surface area contributed by atoms with Gasteiger partial charge < -0.3 is 14.5 Å². The van der Waals surface area contributed by atoms with Gasteiger partial charge in [0.05, 0.1) is 5.69 Å². The van der Waals surface area contributed by atoms with Gasteiger partial charge in [-0.3, -0.25) is 9.69 Å². The summed E-state index contributed by atoms with van der Waals surface area (Å²) in [5.41, 5.74) is 2.80. The molecule has 1 saturated heterocycles. The average Bonchev–Trinajstić information content (AvgIpc) is 3.35. The monoisotopic (exact) mass is 469 g/mol. The molecule has 0 radical (unpaired) electrons. The summed E-state index contributed by atoms with van der Waals surface area (Å²) < 4.78 is 6.31. The van der Waals surface area contributed by atoms with Crippen molar-refractivity contribution < 1.29 is 9.53 Å². The zero-order valence-electron chi connectivity index (χ0n) is 19.4. The summed E-state index contributed by atoms with van der Waals surface area (Å²) in [4.78, 5) is 19.0. The van der Waals surface area contributed by atoms with Crippen LogP contribution in [-0.4, -0.2) is 40.5 Å². The molecule has 0 N–H and O–H groups in total. The van der Waals surface area contributed by atoms with E-state index in [1.807, 2.05) is 54.3 Å². The molecule has 5 rings (SSSR count). The Bertz CT molecular complexity index is 1320. The van der Waals surface area contributed by atoms with E-state index in [-0.39, 0.29) is 5.91 Å². The third kappa shape index (κ3) is 3.84. The topological polar surface area (TPSA) is 36.0 Å². The smallest absolute Gasteiger partial charge is 0.276 e. The lowest BCUT2D eigenvalue weighted by atomic mass is 10.1. The Morgan fingerprint density at radius 3 is 2.35 bits per heavy atom. The van der Waals surface area contributed by atoms with Crippen LogP contribution in [0.5, 0.6) is 5.75 Å². The maximum atomic E-state index is 13.3. The van der Waals surface area contributed by atoms with Gasteiger partial charge in [0.1, 0.15) is 5.70 Å². The number of carbonyl (C=O) groups is 1. The van der Waals surface area contributed by atoms with E-state index in [0.29, 0.717) is 29.8 Å².